The van der Waals surface area contributed by atoms with Gasteiger partial charge in [-0.15, -0.1) is 17.8 Å². The maximum absolute atomic E-state index is 11.8. The van der Waals surface area contributed by atoms with Gasteiger partial charge in [-0.3, -0.25) is 10.1 Å². The minimum absolute atomic E-state index is 0.343. The van der Waals surface area contributed by atoms with E-state index in [-0.39, 0.29) is 0 Å². The summed E-state index contributed by atoms with van der Waals surface area (Å²) in [6, 6.07) is 5.09. The van der Waals surface area contributed by atoms with Crippen molar-refractivity contribution in [2.24, 2.45) is 11.5 Å². The van der Waals surface area contributed by atoms with Crippen molar-refractivity contribution in [2.75, 3.05) is 5.32 Å². The van der Waals surface area contributed by atoms with Crippen LogP contribution in [0, 0.1) is 12.3 Å². The normalized spacial score (nSPS) is 12.0. The van der Waals surface area contributed by atoms with E-state index in [1.54, 1.807) is 0 Å². The van der Waals surface area contributed by atoms with Crippen LogP contribution in [-0.4, -0.2) is 11.9 Å². The smallest absolute Gasteiger partial charge is 0.317 e. The number of primary amides is 2. The Morgan fingerprint density at radius 1 is 1.27 bits per heavy atom. The molecule has 3 rings (SSSR count). The topological polar surface area (TPSA) is 98.2 Å². The standard InChI is InChI=1S/C16H13N3O2S/c1-2-8-3-4-9-5-6-10-12(14(17)20)15(19-16(18)21)22-13(10)11(9)7-8/h1,3-4,7H,5-6H2,(H2,17,20)(H3,18,19,21). The summed E-state index contributed by atoms with van der Waals surface area (Å²) < 4.78 is 0. The van der Waals surface area contributed by atoms with E-state index in [9.17, 15) is 9.59 Å². The highest BCUT2D eigenvalue weighted by atomic mass is 32.1. The molecule has 1 aromatic heterocycles. The summed E-state index contributed by atoms with van der Waals surface area (Å²) in [5.74, 6) is 2.04. The summed E-state index contributed by atoms with van der Waals surface area (Å²) in [5.41, 5.74) is 14.8. The molecule has 5 N–H and O–H groups in total. The van der Waals surface area contributed by atoms with Gasteiger partial charge >= 0.3 is 6.03 Å². The van der Waals surface area contributed by atoms with E-state index in [4.69, 9.17) is 17.9 Å². The lowest BCUT2D eigenvalue weighted by molar-refractivity contribution is 0.100. The van der Waals surface area contributed by atoms with Crippen molar-refractivity contribution in [1.82, 2.24) is 0 Å². The number of terminal acetylenes is 1. The largest absolute Gasteiger partial charge is 0.365 e. The maximum atomic E-state index is 11.8. The number of hydrogen-bond acceptors (Lipinski definition) is 3. The molecule has 5 nitrogen and oxygen atoms in total. The summed E-state index contributed by atoms with van der Waals surface area (Å²) >= 11 is 1.30. The molecule has 0 aliphatic heterocycles. The summed E-state index contributed by atoms with van der Waals surface area (Å²) in [4.78, 5) is 23.8. The fraction of sp³-hybridized carbons (Fsp3) is 0.125. The molecule has 0 atom stereocenters. The van der Waals surface area contributed by atoms with Crippen molar-refractivity contribution in [3.8, 4) is 22.8 Å². The molecule has 0 saturated heterocycles. The molecule has 6 heteroatoms. The molecule has 1 heterocycles. The van der Waals surface area contributed by atoms with Crippen molar-refractivity contribution in [3.63, 3.8) is 0 Å². The zero-order valence-electron chi connectivity index (χ0n) is 11.6. The lowest BCUT2D eigenvalue weighted by atomic mass is 9.88. The number of anilines is 1. The van der Waals surface area contributed by atoms with Gasteiger partial charge in [-0.2, -0.15) is 0 Å². The Kier molecular flexibility index (Phi) is 3.35. The van der Waals surface area contributed by atoms with Crippen molar-refractivity contribution in [2.45, 2.75) is 12.8 Å². The number of fused-ring (bicyclic) bond motifs is 3. The molecule has 0 unspecified atom stereocenters. The molecule has 0 bridgehead atoms. The fourth-order valence-electron chi connectivity index (χ4n) is 2.74. The maximum Gasteiger partial charge on any atom is 0.317 e. The van der Waals surface area contributed by atoms with Crippen molar-refractivity contribution in [1.29, 1.82) is 0 Å². The highest BCUT2D eigenvalue weighted by Gasteiger charge is 2.27. The van der Waals surface area contributed by atoms with Crippen LogP contribution in [0.25, 0.3) is 10.4 Å². The van der Waals surface area contributed by atoms with Gasteiger partial charge in [0.15, 0.2) is 0 Å². The molecule has 0 saturated carbocycles. The number of thiophene rings is 1. The van der Waals surface area contributed by atoms with E-state index in [1.165, 1.54) is 11.3 Å². The monoisotopic (exact) mass is 311 g/mol. The van der Waals surface area contributed by atoms with Gasteiger partial charge < -0.3 is 11.5 Å². The Labute approximate surface area is 131 Å². The molecule has 0 fully saturated rings. The van der Waals surface area contributed by atoms with Gasteiger partial charge in [0.25, 0.3) is 5.91 Å². The van der Waals surface area contributed by atoms with Crippen molar-refractivity contribution < 1.29 is 9.59 Å². The summed E-state index contributed by atoms with van der Waals surface area (Å²) in [7, 11) is 0. The number of hydrogen-bond donors (Lipinski definition) is 3. The van der Waals surface area contributed by atoms with Crippen LogP contribution in [0.4, 0.5) is 9.80 Å². The number of nitrogens with two attached hydrogens (primary N) is 2. The first-order valence-corrected chi connectivity index (χ1v) is 7.44. The Hall–Kier alpha value is -2.78. The minimum Gasteiger partial charge on any atom is -0.365 e. The van der Waals surface area contributed by atoms with Crippen LogP contribution >= 0.6 is 11.3 Å². The first kappa shape index (κ1) is 14.2. The van der Waals surface area contributed by atoms with E-state index in [2.05, 4.69) is 11.2 Å². The van der Waals surface area contributed by atoms with Crippen molar-refractivity contribution >= 4 is 28.3 Å². The number of urea groups is 1. The summed E-state index contributed by atoms with van der Waals surface area (Å²) in [5, 5.41) is 2.88. The third kappa shape index (κ3) is 2.22. The number of carbonyl (C=O) groups excluding carboxylic acids is 2. The number of aryl methyl sites for hydroxylation is 1. The Balaban J connectivity index is 2.23. The van der Waals surface area contributed by atoms with E-state index in [1.807, 2.05) is 18.2 Å². The average molecular weight is 311 g/mol. The molecule has 1 aromatic carbocycles. The van der Waals surface area contributed by atoms with Gasteiger partial charge in [0, 0.05) is 10.4 Å². The van der Waals surface area contributed by atoms with Crippen LogP contribution in [0.3, 0.4) is 0 Å². The Morgan fingerprint density at radius 2 is 2.05 bits per heavy atom. The molecular weight excluding hydrogens is 298 g/mol. The second kappa shape index (κ2) is 5.20. The van der Waals surface area contributed by atoms with Gasteiger partial charge in [-0.1, -0.05) is 12.0 Å². The van der Waals surface area contributed by atoms with Crippen LogP contribution < -0.4 is 16.8 Å². The highest BCUT2D eigenvalue weighted by Crippen LogP contribution is 2.45. The number of carbonyl (C=O) groups is 2. The SMILES string of the molecule is C#Cc1ccc2c(c1)-c1sc(NC(N)=O)c(C(N)=O)c1CC2. The lowest BCUT2D eigenvalue weighted by Crippen LogP contribution is -2.22. The predicted octanol–water partition coefficient (Wildman–Crippen LogP) is 2.08. The molecule has 3 amide bonds. The van der Waals surface area contributed by atoms with E-state index in [0.717, 1.165) is 33.6 Å². The molecule has 1 aliphatic carbocycles. The Bertz CT molecular complexity index is 846. The van der Waals surface area contributed by atoms with Crippen LogP contribution in [-0.2, 0) is 12.8 Å². The van der Waals surface area contributed by atoms with Gasteiger partial charge in [0.05, 0.1) is 5.56 Å². The molecule has 2 aromatic rings. The second-order valence-electron chi connectivity index (χ2n) is 4.98. The zero-order chi connectivity index (χ0) is 15.9. The molecular formula is C16H13N3O2S. The van der Waals surface area contributed by atoms with Crippen molar-refractivity contribution in [3.05, 3.63) is 40.5 Å². The molecule has 22 heavy (non-hydrogen) atoms. The van der Waals surface area contributed by atoms with E-state index in [0.29, 0.717) is 17.0 Å². The number of nitrogens with one attached hydrogen (secondary N) is 1. The number of amides is 3. The third-order valence-corrected chi connectivity index (χ3v) is 4.84. The Morgan fingerprint density at radius 3 is 2.68 bits per heavy atom. The number of benzene rings is 1. The van der Waals surface area contributed by atoms with Gasteiger partial charge in [0.1, 0.15) is 5.00 Å². The van der Waals surface area contributed by atoms with Crippen LogP contribution in [0.1, 0.15) is 27.0 Å². The van der Waals surface area contributed by atoms with Crippen LogP contribution in [0.5, 0.6) is 0 Å². The summed E-state index contributed by atoms with van der Waals surface area (Å²) in [6.45, 7) is 0. The quantitative estimate of drug-likeness (QED) is 0.740. The fourth-order valence-corrected chi connectivity index (χ4v) is 4.05. The second-order valence-corrected chi connectivity index (χ2v) is 6.00. The number of rotatable bonds is 2. The third-order valence-electron chi connectivity index (χ3n) is 3.66. The van der Waals surface area contributed by atoms with Gasteiger partial charge in [0.2, 0.25) is 0 Å². The van der Waals surface area contributed by atoms with Crippen LogP contribution in [0.15, 0.2) is 18.2 Å². The van der Waals surface area contributed by atoms with Gasteiger partial charge in [-0.05, 0) is 41.7 Å². The zero-order valence-corrected chi connectivity index (χ0v) is 12.4. The molecule has 1 aliphatic rings. The average Bonchev–Trinajstić information content (AvgIpc) is 2.84. The molecule has 110 valence electrons. The lowest BCUT2D eigenvalue weighted by Gasteiger charge is -2.17. The summed E-state index contributed by atoms with van der Waals surface area (Å²) in [6.07, 6.45) is 6.94. The first-order valence-electron chi connectivity index (χ1n) is 6.63. The highest BCUT2D eigenvalue weighted by molar-refractivity contribution is 7.20. The molecule has 0 spiro atoms. The first-order chi connectivity index (χ1) is 10.5. The minimum atomic E-state index is -0.723. The predicted molar refractivity (Wildman–Crippen MR) is 86.8 cm³/mol. The van der Waals surface area contributed by atoms with E-state index < -0.39 is 11.9 Å². The van der Waals surface area contributed by atoms with Gasteiger partial charge in [-0.25, -0.2) is 4.79 Å². The van der Waals surface area contributed by atoms with E-state index >= 15 is 0 Å². The van der Waals surface area contributed by atoms with Crippen LogP contribution in [0.2, 0.25) is 0 Å². The molecule has 0 radical (unpaired) electrons.